The molecule has 3 unspecified atom stereocenters. The van der Waals surface area contributed by atoms with E-state index < -0.39 is 17.2 Å². The summed E-state index contributed by atoms with van der Waals surface area (Å²) in [6.07, 6.45) is 2.12. The summed E-state index contributed by atoms with van der Waals surface area (Å²) in [6.45, 7) is 4.21. The molecule has 0 radical (unpaired) electrons. The third-order valence-electron chi connectivity index (χ3n) is 6.57. The number of rotatable bonds is 4. The molecule has 2 aliphatic heterocycles. The smallest absolute Gasteiger partial charge is 0.257 e. The maximum Gasteiger partial charge on any atom is 0.257 e. The van der Waals surface area contributed by atoms with E-state index in [1.807, 2.05) is 16.8 Å². The first-order valence-corrected chi connectivity index (χ1v) is 12.6. The van der Waals surface area contributed by atoms with Gasteiger partial charge in [0.2, 0.25) is 0 Å². The predicted molar refractivity (Wildman–Crippen MR) is 131 cm³/mol. The molecule has 1 amide bonds. The van der Waals surface area contributed by atoms with Crippen molar-refractivity contribution in [3.63, 3.8) is 0 Å². The van der Waals surface area contributed by atoms with Crippen molar-refractivity contribution in [2.24, 2.45) is 10.9 Å². The van der Waals surface area contributed by atoms with Crippen LogP contribution in [0.3, 0.4) is 0 Å². The second-order valence-corrected chi connectivity index (χ2v) is 10.1. The van der Waals surface area contributed by atoms with Crippen LogP contribution in [0.5, 0.6) is 0 Å². The normalized spacial score (nSPS) is 24.1. The second kappa shape index (κ2) is 9.54. The zero-order chi connectivity index (χ0) is 24.6. The van der Waals surface area contributed by atoms with Crippen molar-refractivity contribution < 1.29 is 18.3 Å². The number of aliphatic imine (C=N–C) groups is 1. The van der Waals surface area contributed by atoms with Crippen LogP contribution in [-0.4, -0.2) is 33.2 Å². The molecule has 1 saturated heterocycles. The molecule has 3 heterocycles. The number of aromatic nitrogens is 2. The van der Waals surface area contributed by atoms with E-state index in [2.05, 4.69) is 24.3 Å². The van der Waals surface area contributed by atoms with E-state index in [4.69, 9.17) is 9.73 Å². The number of benzene rings is 2. The molecule has 35 heavy (non-hydrogen) atoms. The Kier molecular flexibility index (Phi) is 6.46. The molecule has 0 spiro atoms. The number of thioether (sulfide) groups is 1. The zero-order valence-electron chi connectivity index (χ0n) is 19.4. The number of fused-ring (bicyclic) bond motifs is 1. The van der Waals surface area contributed by atoms with Crippen LogP contribution in [0, 0.1) is 17.6 Å². The van der Waals surface area contributed by atoms with E-state index in [-0.39, 0.29) is 36.1 Å². The average molecular weight is 497 g/mol. The van der Waals surface area contributed by atoms with Crippen molar-refractivity contribution >= 4 is 22.8 Å². The maximum absolute atomic E-state index is 15.1. The Morgan fingerprint density at radius 1 is 1.20 bits per heavy atom. The fraction of sp³-hybridized carbons (Fsp3) is 0.346. The Morgan fingerprint density at radius 3 is 2.74 bits per heavy atom. The maximum atomic E-state index is 15.1. The van der Waals surface area contributed by atoms with Gasteiger partial charge in [-0.2, -0.15) is 5.10 Å². The first kappa shape index (κ1) is 23.7. The number of amidine groups is 1. The Balaban J connectivity index is 1.50. The summed E-state index contributed by atoms with van der Waals surface area (Å²) < 4.78 is 37.1. The number of amides is 1. The Morgan fingerprint density at radius 2 is 2.00 bits per heavy atom. The van der Waals surface area contributed by atoms with Gasteiger partial charge >= 0.3 is 0 Å². The molecule has 0 aliphatic carbocycles. The van der Waals surface area contributed by atoms with Crippen molar-refractivity contribution in [1.82, 2.24) is 15.1 Å². The quantitative estimate of drug-likeness (QED) is 0.536. The van der Waals surface area contributed by atoms with Gasteiger partial charge in [0.05, 0.1) is 18.4 Å². The van der Waals surface area contributed by atoms with E-state index in [1.54, 1.807) is 30.5 Å². The van der Waals surface area contributed by atoms with Crippen LogP contribution in [-0.2, 0) is 10.3 Å². The van der Waals surface area contributed by atoms with Gasteiger partial charge in [-0.05, 0) is 44.5 Å². The van der Waals surface area contributed by atoms with Crippen LogP contribution < -0.4 is 5.32 Å². The molecule has 9 heteroatoms. The Bertz CT molecular complexity index is 1260. The predicted octanol–water partition coefficient (Wildman–Crippen LogP) is 5.25. The van der Waals surface area contributed by atoms with Crippen LogP contribution in [0.2, 0.25) is 0 Å². The topological polar surface area (TPSA) is 68.5 Å². The summed E-state index contributed by atoms with van der Waals surface area (Å²) in [5, 5.41) is 7.68. The summed E-state index contributed by atoms with van der Waals surface area (Å²) >= 11 is 1.43. The van der Waals surface area contributed by atoms with Gasteiger partial charge in [-0.1, -0.05) is 36.0 Å². The van der Waals surface area contributed by atoms with Crippen LogP contribution in [0.4, 0.5) is 8.78 Å². The van der Waals surface area contributed by atoms with Crippen molar-refractivity contribution in [2.45, 2.75) is 38.0 Å². The minimum absolute atomic E-state index is 0.0967. The van der Waals surface area contributed by atoms with Gasteiger partial charge in [-0.25, -0.2) is 13.8 Å². The average Bonchev–Trinajstić information content (AvgIpc) is 3.34. The van der Waals surface area contributed by atoms with E-state index in [1.165, 1.54) is 23.9 Å². The van der Waals surface area contributed by atoms with E-state index in [9.17, 15) is 9.18 Å². The van der Waals surface area contributed by atoms with E-state index >= 15 is 4.39 Å². The van der Waals surface area contributed by atoms with E-state index in [0.717, 1.165) is 11.8 Å². The lowest BCUT2D eigenvalue weighted by molar-refractivity contribution is -0.0628. The molecule has 3 atom stereocenters. The summed E-state index contributed by atoms with van der Waals surface area (Å²) in [5.74, 6) is -1.12. The Hall–Kier alpha value is -3.04. The zero-order valence-corrected chi connectivity index (χ0v) is 20.3. The molecule has 0 bridgehead atoms. The van der Waals surface area contributed by atoms with Gasteiger partial charge in [0.25, 0.3) is 5.91 Å². The van der Waals surface area contributed by atoms with Crippen LogP contribution in [0.1, 0.15) is 54.0 Å². The van der Waals surface area contributed by atoms with Crippen LogP contribution in [0.25, 0.3) is 0 Å². The number of nitrogens with one attached hydrogen (secondary N) is 1. The summed E-state index contributed by atoms with van der Waals surface area (Å²) in [4.78, 5) is 17.6. The van der Waals surface area contributed by atoms with Crippen molar-refractivity contribution in [1.29, 1.82) is 0 Å². The molecular weight excluding hydrogens is 470 g/mol. The third kappa shape index (κ3) is 4.50. The third-order valence-corrected chi connectivity index (χ3v) is 7.61. The molecule has 1 N–H and O–H groups in total. The summed E-state index contributed by atoms with van der Waals surface area (Å²) in [7, 11) is 0. The van der Waals surface area contributed by atoms with Gasteiger partial charge in [-0.3, -0.25) is 9.48 Å². The van der Waals surface area contributed by atoms with Crippen LogP contribution >= 0.6 is 11.8 Å². The molecule has 3 aromatic rings. The van der Waals surface area contributed by atoms with Crippen molar-refractivity contribution in [3.05, 3.63) is 89.2 Å². The molecular formula is C26H26F2N4O2S. The fourth-order valence-electron chi connectivity index (χ4n) is 4.83. The molecule has 1 fully saturated rings. The largest absolute Gasteiger partial charge is 0.369 e. The van der Waals surface area contributed by atoms with Gasteiger partial charge in [0.15, 0.2) is 5.17 Å². The molecule has 2 aromatic carbocycles. The number of carbonyl (C=O) groups excluding carboxylic acids is 1. The fourth-order valence-corrected chi connectivity index (χ4v) is 5.99. The van der Waals surface area contributed by atoms with Crippen molar-refractivity contribution in [2.75, 3.05) is 12.4 Å². The lowest BCUT2D eigenvalue weighted by Gasteiger charge is -2.46. The molecule has 0 saturated carbocycles. The minimum atomic E-state index is -1.08. The summed E-state index contributed by atoms with van der Waals surface area (Å²) in [5.41, 5.74) is 0.653. The van der Waals surface area contributed by atoms with Gasteiger partial charge in [-0.15, -0.1) is 0 Å². The minimum Gasteiger partial charge on any atom is -0.369 e. The van der Waals surface area contributed by atoms with E-state index in [0.29, 0.717) is 22.9 Å². The standard InChI is InChI=1S/C26H26F2N4O2S/c1-16(2)32-22(10-11-29-32)23-12-18-14-35-25(30-24(33)17-6-4-3-5-7-17)31-26(18,15-34-23)20-9-8-19(27)13-21(20)28/h3-11,13,16,18,23H,12,14-15H2,1-2H3,(H,30,31,33). The van der Waals surface area contributed by atoms with Crippen LogP contribution in [0.15, 0.2) is 65.8 Å². The summed E-state index contributed by atoms with van der Waals surface area (Å²) in [6, 6.07) is 14.5. The molecule has 6 nitrogen and oxygen atoms in total. The van der Waals surface area contributed by atoms with Gasteiger partial charge < -0.3 is 10.1 Å². The highest BCUT2D eigenvalue weighted by atomic mass is 32.2. The first-order valence-electron chi connectivity index (χ1n) is 11.6. The Labute approximate surface area is 206 Å². The number of nitrogens with zero attached hydrogens (tertiary/aromatic N) is 3. The second-order valence-electron chi connectivity index (χ2n) is 9.12. The first-order chi connectivity index (χ1) is 16.9. The molecule has 2 aliphatic rings. The van der Waals surface area contributed by atoms with Gasteiger partial charge in [0, 0.05) is 41.1 Å². The highest BCUT2D eigenvalue weighted by Gasteiger charge is 2.50. The monoisotopic (exact) mass is 496 g/mol. The highest BCUT2D eigenvalue weighted by Crippen LogP contribution is 2.50. The van der Waals surface area contributed by atoms with Crippen molar-refractivity contribution in [3.8, 4) is 0 Å². The number of halogens is 2. The van der Waals surface area contributed by atoms with Gasteiger partial charge in [0.1, 0.15) is 17.2 Å². The highest BCUT2D eigenvalue weighted by molar-refractivity contribution is 8.13. The molecule has 1 aromatic heterocycles. The lowest BCUT2D eigenvalue weighted by Crippen LogP contribution is -2.50. The number of hydrogen-bond acceptors (Lipinski definition) is 5. The molecule has 5 rings (SSSR count). The lowest BCUT2D eigenvalue weighted by atomic mass is 9.74. The number of ether oxygens (including phenoxy) is 1. The SMILES string of the molecule is CC(C)n1nccc1C1CC2CSC(NC(=O)c3ccccc3)=NC2(c2ccc(F)cc2F)CO1. The number of hydrogen-bond donors (Lipinski definition) is 1. The molecule has 182 valence electrons. The number of carbonyl (C=O) groups is 1.